The first-order chi connectivity index (χ1) is 12.2. The van der Waals surface area contributed by atoms with Gasteiger partial charge in [-0.25, -0.2) is 12.8 Å². The van der Waals surface area contributed by atoms with Gasteiger partial charge in [-0.05, 0) is 42.5 Å². The number of hydrogen-bond donors (Lipinski definition) is 2. The van der Waals surface area contributed by atoms with Gasteiger partial charge in [0.1, 0.15) is 12.4 Å². The molecule has 0 atom stereocenters. The molecule has 0 saturated heterocycles. The highest BCUT2D eigenvalue weighted by molar-refractivity contribution is 7.92. The summed E-state index contributed by atoms with van der Waals surface area (Å²) in [5.41, 5.74) is 0.414. The molecular weight excluding hydrogens is 387 g/mol. The average Bonchev–Trinajstić information content (AvgIpc) is 2.61. The molecule has 0 fully saturated rings. The fraction of sp³-hybridized carbons (Fsp3) is 0.125. The SMILES string of the molecule is COC(=O)CNC(=O)c1ccc(NS(=O)(=O)c2ccc(F)c(Cl)c2)cc1. The van der Waals surface area contributed by atoms with Crippen LogP contribution in [0.1, 0.15) is 10.4 Å². The van der Waals surface area contributed by atoms with Crippen LogP contribution in [0, 0.1) is 5.82 Å². The Morgan fingerprint density at radius 2 is 1.81 bits per heavy atom. The van der Waals surface area contributed by atoms with E-state index in [-0.39, 0.29) is 27.7 Å². The lowest BCUT2D eigenvalue weighted by Gasteiger charge is -2.09. The van der Waals surface area contributed by atoms with Crippen molar-refractivity contribution < 1.29 is 27.1 Å². The van der Waals surface area contributed by atoms with Crippen LogP contribution >= 0.6 is 11.6 Å². The second kappa shape index (κ2) is 8.15. The molecule has 0 saturated carbocycles. The van der Waals surface area contributed by atoms with Crippen molar-refractivity contribution in [3.05, 3.63) is 58.9 Å². The standard InChI is InChI=1S/C16H14ClFN2O5S/c1-25-15(21)9-19-16(22)10-2-4-11(5-3-10)20-26(23,24)12-6-7-14(18)13(17)8-12/h2-8,20H,9H2,1H3,(H,19,22). The van der Waals surface area contributed by atoms with Gasteiger partial charge in [-0.15, -0.1) is 0 Å². The zero-order chi connectivity index (χ0) is 19.3. The van der Waals surface area contributed by atoms with Crippen molar-refractivity contribution >= 4 is 39.2 Å². The van der Waals surface area contributed by atoms with E-state index in [9.17, 15) is 22.4 Å². The first-order valence-electron chi connectivity index (χ1n) is 7.16. The number of hydrogen-bond acceptors (Lipinski definition) is 5. The number of carbonyl (C=O) groups is 2. The van der Waals surface area contributed by atoms with E-state index < -0.39 is 27.7 Å². The molecule has 26 heavy (non-hydrogen) atoms. The molecule has 0 aliphatic rings. The number of esters is 1. The zero-order valence-corrected chi connectivity index (χ0v) is 15.0. The van der Waals surface area contributed by atoms with Crippen molar-refractivity contribution in [2.75, 3.05) is 18.4 Å². The largest absolute Gasteiger partial charge is 0.468 e. The van der Waals surface area contributed by atoms with Gasteiger partial charge in [0.15, 0.2) is 0 Å². The topological polar surface area (TPSA) is 102 Å². The van der Waals surface area contributed by atoms with Gasteiger partial charge in [0.05, 0.1) is 17.0 Å². The van der Waals surface area contributed by atoms with Gasteiger partial charge >= 0.3 is 5.97 Å². The third-order valence-electron chi connectivity index (χ3n) is 3.22. The van der Waals surface area contributed by atoms with Crippen LogP contribution in [0.3, 0.4) is 0 Å². The molecule has 0 bridgehead atoms. The predicted octanol–water partition coefficient (Wildman–Crippen LogP) is 2.18. The van der Waals surface area contributed by atoms with Crippen LogP contribution in [0.25, 0.3) is 0 Å². The second-order valence-corrected chi connectivity index (χ2v) is 7.11. The number of methoxy groups -OCH3 is 1. The Kier molecular flexibility index (Phi) is 6.17. The van der Waals surface area contributed by atoms with Crippen LogP contribution in [-0.2, 0) is 19.6 Å². The van der Waals surface area contributed by atoms with E-state index in [1.165, 1.54) is 31.4 Å². The fourth-order valence-corrected chi connectivity index (χ4v) is 3.20. The lowest BCUT2D eigenvalue weighted by atomic mass is 10.2. The number of nitrogens with one attached hydrogen (secondary N) is 2. The number of benzene rings is 2. The highest BCUT2D eigenvalue weighted by Crippen LogP contribution is 2.22. The molecule has 10 heteroatoms. The summed E-state index contributed by atoms with van der Waals surface area (Å²) in [6.45, 7) is -0.283. The summed E-state index contributed by atoms with van der Waals surface area (Å²) in [7, 11) is -2.78. The molecule has 2 N–H and O–H groups in total. The minimum absolute atomic E-state index is 0.190. The Labute approximate surface area is 154 Å². The lowest BCUT2D eigenvalue weighted by molar-refractivity contribution is -0.139. The van der Waals surface area contributed by atoms with Crippen molar-refractivity contribution in [2.24, 2.45) is 0 Å². The number of amides is 1. The van der Waals surface area contributed by atoms with Crippen LogP contribution in [0.15, 0.2) is 47.4 Å². The van der Waals surface area contributed by atoms with Gasteiger partial charge in [0.2, 0.25) is 0 Å². The molecule has 2 aromatic rings. The summed E-state index contributed by atoms with van der Waals surface area (Å²) in [5, 5.41) is 2.04. The Bertz CT molecular complexity index is 932. The number of ether oxygens (including phenoxy) is 1. The minimum atomic E-state index is -3.97. The zero-order valence-electron chi connectivity index (χ0n) is 13.5. The van der Waals surface area contributed by atoms with Gasteiger partial charge in [-0.3, -0.25) is 14.3 Å². The maximum atomic E-state index is 13.2. The average molecular weight is 401 g/mol. The molecule has 7 nitrogen and oxygen atoms in total. The van der Waals surface area contributed by atoms with Gasteiger partial charge in [-0.1, -0.05) is 11.6 Å². The van der Waals surface area contributed by atoms with Crippen molar-refractivity contribution in [3.63, 3.8) is 0 Å². The first kappa shape index (κ1) is 19.7. The molecule has 0 unspecified atom stereocenters. The van der Waals surface area contributed by atoms with Gasteiger partial charge < -0.3 is 10.1 Å². The molecule has 2 rings (SSSR count). The van der Waals surface area contributed by atoms with Gasteiger partial charge in [-0.2, -0.15) is 0 Å². The molecule has 1 amide bonds. The normalized spacial score (nSPS) is 10.9. The van der Waals surface area contributed by atoms with Crippen LogP contribution in [0.4, 0.5) is 10.1 Å². The fourth-order valence-electron chi connectivity index (χ4n) is 1.87. The summed E-state index contributed by atoms with van der Waals surface area (Å²) < 4.78 is 44.4. The number of carbonyl (C=O) groups excluding carboxylic acids is 2. The van der Waals surface area contributed by atoms with Crippen molar-refractivity contribution in [3.8, 4) is 0 Å². The molecule has 0 aliphatic heterocycles. The molecule has 0 spiro atoms. The van der Waals surface area contributed by atoms with Crippen LogP contribution in [0.2, 0.25) is 5.02 Å². The Hall–Kier alpha value is -2.65. The molecule has 0 radical (unpaired) electrons. The lowest BCUT2D eigenvalue weighted by Crippen LogP contribution is -2.30. The van der Waals surface area contributed by atoms with Crippen LogP contribution in [-0.4, -0.2) is 33.9 Å². The van der Waals surface area contributed by atoms with Crippen LogP contribution < -0.4 is 10.0 Å². The van der Waals surface area contributed by atoms with E-state index >= 15 is 0 Å². The third kappa shape index (κ3) is 4.93. The highest BCUT2D eigenvalue weighted by atomic mass is 35.5. The Morgan fingerprint density at radius 3 is 2.38 bits per heavy atom. The van der Waals surface area contributed by atoms with E-state index in [1.54, 1.807) is 0 Å². The molecule has 2 aromatic carbocycles. The summed E-state index contributed by atoms with van der Waals surface area (Å²) in [6, 6.07) is 8.52. The first-order valence-corrected chi connectivity index (χ1v) is 9.02. The number of sulfonamides is 1. The van der Waals surface area contributed by atoms with Crippen molar-refractivity contribution in [2.45, 2.75) is 4.90 Å². The predicted molar refractivity (Wildman–Crippen MR) is 93.0 cm³/mol. The number of anilines is 1. The molecule has 138 valence electrons. The van der Waals surface area contributed by atoms with Crippen molar-refractivity contribution in [1.82, 2.24) is 5.32 Å². The van der Waals surface area contributed by atoms with Gasteiger partial charge in [0.25, 0.3) is 15.9 Å². The number of rotatable bonds is 6. The summed E-state index contributed by atoms with van der Waals surface area (Å²) in [6.07, 6.45) is 0. The third-order valence-corrected chi connectivity index (χ3v) is 4.89. The van der Waals surface area contributed by atoms with Crippen LogP contribution in [0.5, 0.6) is 0 Å². The van der Waals surface area contributed by atoms with E-state index in [0.29, 0.717) is 0 Å². The molecule has 0 heterocycles. The number of halogens is 2. The van der Waals surface area contributed by atoms with E-state index in [4.69, 9.17) is 11.6 Å². The Balaban J connectivity index is 2.09. The maximum Gasteiger partial charge on any atom is 0.325 e. The quantitative estimate of drug-likeness (QED) is 0.724. The van der Waals surface area contributed by atoms with Crippen molar-refractivity contribution in [1.29, 1.82) is 0 Å². The summed E-state index contributed by atoms with van der Waals surface area (Å²) >= 11 is 5.60. The van der Waals surface area contributed by atoms with Gasteiger partial charge in [0, 0.05) is 11.3 Å². The Morgan fingerprint density at radius 1 is 1.15 bits per heavy atom. The molecular formula is C16H14ClFN2O5S. The van der Waals surface area contributed by atoms with E-state index in [0.717, 1.165) is 18.2 Å². The van der Waals surface area contributed by atoms with E-state index in [2.05, 4.69) is 14.8 Å². The molecule has 0 aliphatic carbocycles. The maximum absolute atomic E-state index is 13.2. The minimum Gasteiger partial charge on any atom is -0.468 e. The van der Waals surface area contributed by atoms with E-state index in [1.807, 2.05) is 0 Å². The second-order valence-electron chi connectivity index (χ2n) is 5.02. The monoisotopic (exact) mass is 400 g/mol. The summed E-state index contributed by atoms with van der Waals surface area (Å²) in [5.74, 6) is -1.84. The molecule has 0 aromatic heterocycles. The smallest absolute Gasteiger partial charge is 0.325 e. The highest BCUT2D eigenvalue weighted by Gasteiger charge is 2.16. The summed E-state index contributed by atoms with van der Waals surface area (Å²) in [4.78, 5) is 22.6.